The normalized spacial score (nSPS) is 18.8. The van der Waals surface area contributed by atoms with E-state index in [4.69, 9.17) is 9.72 Å². The van der Waals surface area contributed by atoms with E-state index in [-0.39, 0.29) is 52.8 Å². The monoisotopic (exact) mass is 906 g/mol. The minimum absolute atomic E-state index is 0.0199. The van der Waals surface area contributed by atoms with Gasteiger partial charge in [-0.1, -0.05) is 30.5 Å². The first-order valence-corrected chi connectivity index (χ1v) is 23.5. The summed E-state index contributed by atoms with van der Waals surface area (Å²) in [5, 5.41) is 6.51. The fourth-order valence-electron chi connectivity index (χ4n) is 8.02. The van der Waals surface area contributed by atoms with Gasteiger partial charge in [0.1, 0.15) is 5.75 Å². The standard InChI is InChI=1S/C47H54N8O7S2/c1-5-40(56)52-15-21-55(22-16-52)45(61)36-26-34(29(2)23-38(36)62-4)27-39-37(48-46(64-39)49-42(58)31-9-10-31)13-14-41(57)53-17-19-54(20-18-53)44(60)33-8-6-7-30(24-33)25-35-28-51(3)47(63-35)50-43(59)32-11-12-32/h5-8,13-14,23-24,26,28,31-32,47H,1,9-12,15-22,25,27H2,2-4H3,(H,50,59)(H,48,49,58). The van der Waals surface area contributed by atoms with Gasteiger partial charge < -0.3 is 39.9 Å². The van der Waals surface area contributed by atoms with E-state index >= 15 is 0 Å². The summed E-state index contributed by atoms with van der Waals surface area (Å²) >= 11 is 2.96. The van der Waals surface area contributed by atoms with Gasteiger partial charge in [-0.3, -0.25) is 28.8 Å². The fourth-order valence-corrected chi connectivity index (χ4v) is 10.2. The number of aryl methyl sites for hydroxylation is 1. The summed E-state index contributed by atoms with van der Waals surface area (Å²) < 4.78 is 5.66. The Morgan fingerprint density at radius 3 is 2.12 bits per heavy atom. The molecule has 1 aromatic heterocycles. The van der Waals surface area contributed by atoms with E-state index in [0.717, 1.165) is 52.2 Å². The van der Waals surface area contributed by atoms with Crippen LogP contribution in [-0.4, -0.2) is 137 Å². The van der Waals surface area contributed by atoms with Crippen molar-refractivity contribution in [1.82, 2.24) is 34.8 Å². The molecular formula is C47H54N8O7S2. The number of thioether (sulfide) groups is 1. The van der Waals surface area contributed by atoms with Crippen molar-refractivity contribution >= 4 is 69.7 Å². The number of piperazine rings is 2. The van der Waals surface area contributed by atoms with Crippen LogP contribution in [0.15, 0.2) is 66.2 Å². The first kappa shape index (κ1) is 44.7. The smallest absolute Gasteiger partial charge is 0.257 e. The number of anilines is 1. The van der Waals surface area contributed by atoms with Gasteiger partial charge in [0.05, 0.1) is 18.4 Å². The number of allylic oxidation sites excluding steroid dienone is 1. The molecule has 1 atom stereocenters. The molecule has 17 heteroatoms. The van der Waals surface area contributed by atoms with E-state index in [1.54, 1.807) is 37.4 Å². The van der Waals surface area contributed by atoms with Crippen LogP contribution in [0, 0.1) is 18.8 Å². The van der Waals surface area contributed by atoms with Gasteiger partial charge in [0.2, 0.25) is 23.6 Å². The lowest BCUT2D eigenvalue weighted by Gasteiger charge is -2.34. The number of hydrogen-bond donors (Lipinski definition) is 2. The second kappa shape index (κ2) is 19.4. The molecule has 15 nitrogen and oxygen atoms in total. The van der Waals surface area contributed by atoms with E-state index in [9.17, 15) is 28.8 Å². The Hall–Kier alpha value is -5.94. The molecule has 3 aromatic rings. The largest absolute Gasteiger partial charge is 0.496 e. The molecular weight excluding hydrogens is 853 g/mol. The highest BCUT2D eigenvalue weighted by molar-refractivity contribution is 8.03. The Morgan fingerprint density at radius 2 is 1.47 bits per heavy atom. The van der Waals surface area contributed by atoms with Crippen LogP contribution in [0.2, 0.25) is 0 Å². The van der Waals surface area contributed by atoms with Gasteiger partial charge >= 0.3 is 0 Å². The molecule has 2 aliphatic carbocycles. The van der Waals surface area contributed by atoms with Gasteiger partial charge in [0, 0.05) is 112 Å². The summed E-state index contributed by atoms with van der Waals surface area (Å²) in [5.74, 6) is -0.0366. The molecule has 4 fully saturated rings. The second-order valence-corrected chi connectivity index (χ2v) is 19.2. The molecule has 2 saturated carbocycles. The molecule has 8 rings (SSSR count). The van der Waals surface area contributed by atoms with Crippen LogP contribution in [-0.2, 0) is 32.0 Å². The zero-order valence-corrected chi connectivity index (χ0v) is 38.1. The lowest BCUT2D eigenvalue weighted by atomic mass is 9.99. The van der Waals surface area contributed by atoms with Crippen LogP contribution in [0.25, 0.3) is 6.08 Å². The number of carbonyl (C=O) groups is 6. The van der Waals surface area contributed by atoms with E-state index < -0.39 is 0 Å². The maximum absolute atomic E-state index is 13.9. The van der Waals surface area contributed by atoms with Gasteiger partial charge in [-0.15, -0.1) is 11.3 Å². The minimum atomic E-state index is -0.209. The maximum atomic E-state index is 13.9. The summed E-state index contributed by atoms with van der Waals surface area (Å²) in [4.78, 5) is 94.0. The van der Waals surface area contributed by atoms with E-state index in [2.05, 4.69) is 17.2 Å². The SMILES string of the molecule is C=CC(=O)N1CCN(C(=O)c2cc(Cc3sc(NC(=O)C4CC4)nc3C=CC(=O)N3CCN(C(=O)c4cccc(CC5=CN(C)C(NC(=O)C6CC6)S5)c4)CC3)c(C)cc2OC)CC1. The average Bonchev–Trinajstić information content (AvgIpc) is 4.25. The third-order valence-corrected chi connectivity index (χ3v) is 14.4. The molecule has 6 amide bonds. The number of aromatic nitrogens is 1. The highest BCUT2D eigenvalue weighted by atomic mass is 32.2. The van der Waals surface area contributed by atoms with Gasteiger partial charge in [-0.05, 0) is 85.7 Å². The van der Waals surface area contributed by atoms with Gasteiger partial charge in [-0.25, -0.2) is 4.98 Å². The van der Waals surface area contributed by atoms with Crippen molar-refractivity contribution in [2.24, 2.45) is 11.8 Å². The van der Waals surface area contributed by atoms with Crippen LogP contribution in [0.1, 0.15) is 73.7 Å². The Morgan fingerprint density at radius 1 is 0.828 bits per heavy atom. The van der Waals surface area contributed by atoms with Gasteiger partial charge in [0.15, 0.2) is 10.6 Å². The zero-order chi connectivity index (χ0) is 45.1. The van der Waals surface area contributed by atoms with Crippen molar-refractivity contribution < 1.29 is 33.5 Å². The summed E-state index contributed by atoms with van der Waals surface area (Å²) in [6.45, 7) is 8.61. The van der Waals surface area contributed by atoms with Crippen molar-refractivity contribution in [3.63, 3.8) is 0 Å². The average molecular weight is 907 g/mol. The number of amides is 6. The predicted octanol–water partition coefficient (Wildman–Crippen LogP) is 4.74. The lowest BCUT2D eigenvalue weighted by molar-refractivity contribution is -0.128. The number of rotatable bonds is 14. The lowest BCUT2D eigenvalue weighted by Crippen LogP contribution is -2.50. The Balaban J connectivity index is 0.903. The molecule has 0 bridgehead atoms. The quantitative estimate of drug-likeness (QED) is 0.216. The van der Waals surface area contributed by atoms with Crippen molar-refractivity contribution in [3.8, 4) is 5.75 Å². The number of methoxy groups -OCH3 is 1. The third kappa shape index (κ3) is 10.5. The number of nitrogens with zero attached hydrogens (tertiary/aromatic N) is 6. The maximum Gasteiger partial charge on any atom is 0.257 e. The van der Waals surface area contributed by atoms with Crippen LogP contribution in [0.4, 0.5) is 5.13 Å². The minimum Gasteiger partial charge on any atom is -0.496 e. The molecule has 0 radical (unpaired) electrons. The molecule has 3 aliphatic heterocycles. The Kier molecular flexibility index (Phi) is 13.6. The third-order valence-electron chi connectivity index (χ3n) is 12.2. The first-order valence-electron chi connectivity index (χ1n) is 21.8. The molecule has 64 heavy (non-hydrogen) atoms. The number of thiazole rings is 1. The summed E-state index contributed by atoms with van der Waals surface area (Å²) in [5.41, 5.74) is 4.19. The molecule has 2 N–H and O–H groups in total. The molecule has 336 valence electrons. The van der Waals surface area contributed by atoms with Crippen molar-refractivity contribution in [2.75, 3.05) is 71.8 Å². The van der Waals surface area contributed by atoms with Crippen LogP contribution in [0.3, 0.4) is 0 Å². The number of carbonyl (C=O) groups excluding carboxylic acids is 6. The first-order chi connectivity index (χ1) is 30.9. The molecule has 2 aromatic carbocycles. The Labute approximate surface area is 381 Å². The fraction of sp³-hybridized carbons (Fsp3) is 0.426. The van der Waals surface area contributed by atoms with Crippen LogP contribution >= 0.6 is 23.1 Å². The van der Waals surface area contributed by atoms with Crippen LogP contribution in [0.5, 0.6) is 5.75 Å². The second-order valence-electron chi connectivity index (χ2n) is 16.9. The number of hydrogen-bond acceptors (Lipinski definition) is 11. The predicted molar refractivity (Wildman–Crippen MR) is 246 cm³/mol. The number of nitrogens with one attached hydrogen (secondary N) is 2. The van der Waals surface area contributed by atoms with Crippen molar-refractivity contribution in [3.05, 3.63) is 105 Å². The van der Waals surface area contributed by atoms with Crippen LogP contribution < -0.4 is 15.4 Å². The molecule has 5 aliphatic rings. The van der Waals surface area contributed by atoms with E-state index in [0.29, 0.717) is 92.9 Å². The number of benzene rings is 2. The summed E-state index contributed by atoms with van der Waals surface area (Å²) in [6, 6.07) is 11.3. The highest BCUT2D eigenvalue weighted by Crippen LogP contribution is 2.36. The Bertz CT molecular complexity index is 2410. The molecule has 1 unspecified atom stereocenters. The van der Waals surface area contributed by atoms with Gasteiger partial charge in [0.25, 0.3) is 11.8 Å². The van der Waals surface area contributed by atoms with Crippen molar-refractivity contribution in [1.29, 1.82) is 0 Å². The topological polar surface area (TPSA) is 165 Å². The molecule has 4 heterocycles. The van der Waals surface area contributed by atoms with Crippen molar-refractivity contribution in [2.45, 2.75) is 50.9 Å². The van der Waals surface area contributed by atoms with E-state index in [1.807, 2.05) is 61.5 Å². The summed E-state index contributed by atoms with van der Waals surface area (Å²) in [6.07, 6.45) is 11.1. The molecule has 0 spiro atoms. The summed E-state index contributed by atoms with van der Waals surface area (Å²) in [7, 11) is 3.49. The number of ether oxygens (including phenoxy) is 1. The van der Waals surface area contributed by atoms with Gasteiger partial charge in [-0.2, -0.15) is 0 Å². The zero-order valence-electron chi connectivity index (χ0n) is 36.5. The van der Waals surface area contributed by atoms with E-state index in [1.165, 1.54) is 30.6 Å². The highest BCUT2D eigenvalue weighted by Gasteiger charge is 2.34. The molecule has 2 saturated heterocycles.